The van der Waals surface area contributed by atoms with Crippen LogP contribution < -0.4 is 0 Å². The van der Waals surface area contributed by atoms with Crippen LogP contribution in [0.4, 0.5) is 5.69 Å². The Bertz CT molecular complexity index is 851. The summed E-state index contributed by atoms with van der Waals surface area (Å²) in [5.74, 6) is 7.85. The molecule has 1 aromatic carbocycles. The van der Waals surface area contributed by atoms with Crippen molar-refractivity contribution in [2.45, 2.75) is 58.4 Å². The van der Waals surface area contributed by atoms with Crippen molar-refractivity contribution >= 4 is 14.0 Å². The first-order valence-corrected chi connectivity index (χ1v) is 11.9. The van der Waals surface area contributed by atoms with E-state index in [1.165, 1.54) is 12.1 Å². The van der Waals surface area contributed by atoms with Crippen LogP contribution in [0.15, 0.2) is 40.8 Å². The maximum Gasteiger partial charge on any atom is 0.269 e. The fraction of sp³-hybridized carbons (Fsp3) is 0.429. The predicted molar refractivity (Wildman–Crippen MR) is 109 cm³/mol. The molecule has 5 nitrogen and oxygen atoms in total. The molecule has 0 N–H and O–H groups in total. The highest BCUT2D eigenvalue weighted by Gasteiger charge is 2.39. The van der Waals surface area contributed by atoms with Crippen molar-refractivity contribution < 1.29 is 13.8 Å². The number of aryl methyl sites for hydroxylation is 1. The number of nitro groups is 1. The summed E-state index contributed by atoms with van der Waals surface area (Å²) in [6, 6.07) is 10.1. The van der Waals surface area contributed by atoms with Crippen LogP contribution in [-0.4, -0.2) is 13.2 Å². The Balaban J connectivity index is 2.19. The van der Waals surface area contributed by atoms with Gasteiger partial charge in [0.25, 0.3) is 5.69 Å². The molecule has 1 aromatic heterocycles. The molecular formula is C21H27NO4Si. The number of hydrogen-bond acceptors (Lipinski definition) is 4. The lowest BCUT2D eigenvalue weighted by Crippen LogP contribution is -2.41. The van der Waals surface area contributed by atoms with Crippen molar-refractivity contribution in [2.24, 2.45) is 0 Å². The van der Waals surface area contributed by atoms with Crippen molar-refractivity contribution in [3.63, 3.8) is 0 Å². The van der Waals surface area contributed by atoms with E-state index in [4.69, 9.17) is 8.84 Å². The van der Waals surface area contributed by atoms with Crippen LogP contribution in [0.2, 0.25) is 18.1 Å². The first-order valence-electron chi connectivity index (χ1n) is 8.97. The number of non-ortho nitro benzene ring substituents is 1. The molecule has 144 valence electrons. The van der Waals surface area contributed by atoms with E-state index in [0.717, 1.165) is 17.1 Å². The van der Waals surface area contributed by atoms with E-state index >= 15 is 0 Å². The van der Waals surface area contributed by atoms with Gasteiger partial charge in [0.1, 0.15) is 17.6 Å². The Morgan fingerprint density at radius 1 is 1.19 bits per heavy atom. The van der Waals surface area contributed by atoms with Gasteiger partial charge in [-0.2, -0.15) is 0 Å². The third-order valence-electron chi connectivity index (χ3n) is 4.92. The van der Waals surface area contributed by atoms with Crippen molar-refractivity contribution in [3.05, 3.63) is 63.6 Å². The summed E-state index contributed by atoms with van der Waals surface area (Å²) in [6.45, 7) is 12.9. The largest absolute Gasteiger partial charge is 0.464 e. The fourth-order valence-electron chi connectivity index (χ4n) is 2.27. The lowest BCUT2D eigenvalue weighted by molar-refractivity contribution is -0.384. The van der Waals surface area contributed by atoms with Gasteiger partial charge in [-0.1, -0.05) is 32.6 Å². The van der Waals surface area contributed by atoms with Gasteiger partial charge in [-0.05, 0) is 49.3 Å². The summed E-state index contributed by atoms with van der Waals surface area (Å²) in [5, 5.41) is 10.8. The van der Waals surface area contributed by atoms with Gasteiger partial charge in [0, 0.05) is 24.1 Å². The second-order valence-electron chi connectivity index (χ2n) is 8.13. The molecule has 0 aliphatic heterocycles. The number of furan rings is 1. The molecule has 0 fully saturated rings. The summed E-state index contributed by atoms with van der Waals surface area (Å²) < 4.78 is 12.3. The van der Waals surface area contributed by atoms with Gasteiger partial charge < -0.3 is 8.84 Å². The van der Waals surface area contributed by atoms with Crippen LogP contribution in [0.3, 0.4) is 0 Å². The Hall–Kier alpha value is -2.36. The predicted octanol–water partition coefficient (Wildman–Crippen LogP) is 6.00. The van der Waals surface area contributed by atoms with Crippen molar-refractivity contribution in [2.75, 3.05) is 0 Å². The highest BCUT2D eigenvalue weighted by molar-refractivity contribution is 6.74. The summed E-state index contributed by atoms with van der Waals surface area (Å²) >= 11 is 0. The molecule has 0 saturated carbocycles. The van der Waals surface area contributed by atoms with Gasteiger partial charge in [0.05, 0.1) is 4.92 Å². The van der Waals surface area contributed by atoms with Crippen molar-refractivity contribution in [1.82, 2.24) is 0 Å². The summed E-state index contributed by atoms with van der Waals surface area (Å²) in [5.41, 5.74) is 0.799. The Morgan fingerprint density at radius 2 is 1.81 bits per heavy atom. The minimum absolute atomic E-state index is 0.0609. The third kappa shape index (κ3) is 5.55. The average molecular weight is 386 g/mol. The van der Waals surface area contributed by atoms with Gasteiger partial charge in [0.15, 0.2) is 8.32 Å². The molecule has 0 amide bonds. The van der Waals surface area contributed by atoms with Gasteiger partial charge in [-0.25, -0.2) is 0 Å². The minimum Gasteiger partial charge on any atom is -0.464 e. The topological polar surface area (TPSA) is 65.5 Å². The van der Waals surface area contributed by atoms with Gasteiger partial charge in [-0.15, -0.1) is 0 Å². The maximum atomic E-state index is 10.7. The highest BCUT2D eigenvalue weighted by Crippen LogP contribution is 2.40. The molecule has 1 heterocycles. The van der Waals surface area contributed by atoms with Crippen LogP contribution in [0.1, 0.15) is 50.4 Å². The molecule has 2 rings (SSSR count). The first kappa shape index (κ1) is 20.9. The number of rotatable bonds is 5. The standard InChI is InChI=1S/C21H27NO4Si/c1-16-10-15-19(25-16)20(26-27(5,6)21(2,3)4)9-7-8-17-11-13-18(14-12-17)22(23)24/h10-15,20H,9H2,1-6H3. The normalized spacial score (nSPS) is 13.0. The molecule has 1 unspecified atom stereocenters. The number of nitrogens with zero attached hydrogens (tertiary/aromatic N) is 1. The zero-order valence-corrected chi connectivity index (χ0v) is 17.8. The number of nitro benzene ring substituents is 1. The van der Waals surface area contributed by atoms with Crippen LogP contribution >= 0.6 is 0 Å². The van der Waals surface area contributed by atoms with Gasteiger partial charge >= 0.3 is 0 Å². The molecule has 1 atom stereocenters. The first-order chi connectivity index (χ1) is 12.5. The fourth-order valence-corrected chi connectivity index (χ4v) is 3.54. The second kappa shape index (κ2) is 8.11. The van der Waals surface area contributed by atoms with E-state index in [1.54, 1.807) is 12.1 Å². The van der Waals surface area contributed by atoms with E-state index in [0.29, 0.717) is 6.42 Å². The van der Waals surface area contributed by atoms with E-state index in [1.807, 2.05) is 19.1 Å². The quantitative estimate of drug-likeness (QED) is 0.274. The molecule has 0 spiro atoms. The molecule has 2 aromatic rings. The van der Waals surface area contributed by atoms with E-state index in [2.05, 4.69) is 45.7 Å². The van der Waals surface area contributed by atoms with Crippen LogP contribution in [0, 0.1) is 28.9 Å². The maximum absolute atomic E-state index is 10.7. The highest BCUT2D eigenvalue weighted by atomic mass is 28.4. The molecular weight excluding hydrogens is 358 g/mol. The van der Waals surface area contributed by atoms with Gasteiger partial charge in [-0.3, -0.25) is 10.1 Å². The zero-order chi connectivity index (χ0) is 20.2. The Kier molecular flexibility index (Phi) is 6.29. The molecule has 0 aliphatic carbocycles. The lowest BCUT2D eigenvalue weighted by atomic mass is 10.1. The van der Waals surface area contributed by atoms with Crippen LogP contribution in [0.5, 0.6) is 0 Å². The number of benzene rings is 1. The lowest BCUT2D eigenvalue weighted by Gasteiger charge is -2.38. The third-order valence-corrected chi connectivity index (χ3v) is 9.41. The average Bonchev–Trinajstić information content (AvgIpc) is 2.99. The molecule has 0 bridgehead atoms. The van der Waals surface area contributed by atoms with E-state index in [9.17, 15) is 10.1 Å². The van der Waals surface area contributed by atoms with E-state index in [-0.39, 0.29) is 16.8 Å². The van der Waals surface area contributed by atoms with Crippen LogP contribution in [-0.2, 0) is 4.43 Å². The second-order valence-corrected chi connectivity index (χ2v) is 12.9. The van der Waals surface area contributed by atoms with E-state index < -0.39 is 13.2 Å². The Morgan fingerprint density at radius 3 is 2.30 bits per heavy atom. The molecule has 6 heteroatoms. The van der Waals surface area contributed by atoms with Gasteiger partial charge in [0.2, 0.25) is 0 Å². The number of hydrogen-bond donors (Lipinski definition) is 0. The minimum atomic E-state index is -1.99. The molecule has 0 aliphatic rings. The molecule has 27 heavy (non-hydrogen) atoms. The van der Waals surface area contributed by atoms with Crippen molar-refractivity contribution in [3.8, 4) is 11.8 Å². The summed E-state index contributed by atoms with van der Waals surface area (Å²) in [4.78, 5) is 10.3. The monoisotopic (exact) mass is 385 g/mol. The SMILES string of the molecule is Cc1ccc(C(CC#Cc2ccc([N+](=O)[O-])cc2)O[Si](C)(C)C(C)(C)C)o1. The van der Waals surface area contributed by atoms with Crippen LogP contribution in [0.25, 0.3) is 0 Å². The molecule has 0 radical (unpaired) electrons. The summed E-state index contributed by atoms with van der Waals surface area (Å²) in [6.07, 6.45) is 0.265. The smallest absolute Gasteiger partial charge is 0.269 e. The zero-order valence-electron chi connectivity index (χ0n) is 16.8. The Labute approximate surface area is 162 Å². The summed E-state index contributed by atoms with van der Waals surface area (Å²) in [7, 11) is -1.99. The molecule has 0 saturated heterocycles. The van der Waals surface area contributed by atoms with Crippen molar-refractivity contribution in [1.29, 1.82) is 0 Å².